The number of para-hydroxylation sites is 2. The maximum Gasteiger partial charge on any atom is 0.243 e. The topological polar surface area (TPSA) is 46.9 Å². The van der Waals surface area contributed by atoms with Crippen LogP contribution in [0.4, 0.5) is 0 Å². The summed E-state index contributed by atoms with van der Waals surface area (Å²) in [5.41, 5.74) is 2.15. The summed E-state index contributed by atoms with van der Waals surface area (Å²) in [4.78, 5) is 16.4. The summed E-state index contributed by atoms with van der Waals surface area (Å²) in [5, 5.41) is 2.94. The summed E-state index contributed by atoms with van der Waals surface area (Å²) in [6.07, 6.45) is 9.33. The van der Waals surface area contributed by atoms with Gasteiger partial charge in [0.25, 0.3) is 0 Å². The minimum absolute atomic E-state index is 0.130. The van der Waals surface area contributed by atoms with E-state index in [9.17, 15) is 4.79 Å². The van der Waals surface area contributed by atoms with E-state index in [0.717, 1.165) is 29.3 Å². The van der Waals surface area contributed by atoms with E-state index in [1.165, 1.54) is 44.6 Å². The van der Waals surface area contributed by atoms with Gasteiger partial charge in [-0.1, -0.05) is 50.8 Å². The van der Waals surface area contributed by atoms with Gasteiger partial charge in [0.2, 0.25) is 5.91 Å². The Morgan fingerprint density at radius 1 is 1.38 bits per heavy atom. The van der Waals surface area contributed by atoms with Crippen LogP contribution in [0.2, 0.25) is 0 Å². The molecule has 0 saturated heterocycles. The third-order valence-electron chi connectivity index (χ3n) is 5.10. The van der Waals surface area contributed by atoms with Crippen molar-refractivity contribution >= 4 is 16.9 Å². The van der Waals surface area contributed by atoms with Crippen molar-refractivity contribution < 1.29 is 4.79 Å². The highest BCUT2D eigenvalue weighted by molar-refractivity contribution is 5.87. The molecule has 1 aliphatic rings. The summed E-state index contributed by atoms with van der Waals surface area (Å²) < 4.78 is 2.29. The van der Waals surface area contributed by atoms with E-state index in [4.69, 9.17) is 4.98 Å². The molecule has 4 nitrogen and oxygen atoms in total. The maximum absolute atomic E-state index is 11.7. The van der Waals surface area contributed by atoms with Crippen molar-refractivity contribution in [1.29, 1.82) is 0 Å². The smallest absolute Gasteiger partial charge is 0.243 e. The van der Waals surface area contributed by atoms with Crippen molar-refractivity contribution in [2.24, 2.45) is 5.92 Å². The molecule has 1 saturated carbocycles. The average molecular weight is 325 g/mol. The number of hydrogen-bond acceptors (Lipinski definition) is 2. The molecular weight excluding hydrogens is 298 g/mol. The van der Waals surface area contributed by atoms with Gasteiger partial charge >= 0.3 is 0 Å². The van der Waals surface area contributed by atoms with Crippen molar-refractivity contribution in [3.63, 3.8) is 0 Å². The molecule has 1 heterocycles. The van der Waals surface area contributed by atoms with E-state index in [0.29, 0.717) is 0 Å². The Hall–Kier alpha value is -2.10. The zero-order valence-corrected chi connectivity index (χ0v) is 14.5. The Bertz CT molecular complexity index is 713. The van der Waals surface area contributed by atoms with E-state index >= 15 is 0 Å². The number of imidazole rings is 1. The Labute approximate surface area is 144 Å². The average Bonchev–Trinajstić information content (AvgIpc) is 2.99. The molecule has 1 amide bonds. The highest BCUT2D eigenvalue weighted by Gasteiger charge is 2.19. The van der Waals surface area contributed by atoms with Gasteiger partial charge in [-0.3, -0.25) is 4.79 Å². The molecule has 1 aliphatic carbocycles. The molecule has 1 aromatic heterocycles. The first kappa shape index (κ1) is 16.7. The number of rotatable bonds is 6. The number of fused-ring (bicyclic) bond motifs is 1. The molecule has 4 heteroatoms. The van der Waals surface area contributed by atoms with Gasteiger partial charge in [-0.15, -0.1) is 0 Å². The molecule has 2 aromatic rings. The van der Waals surface area contributed by atoms with Crippen molar-refractivity contribution in [3.05, 3.63) is 42.7 Å². The van der Waals surface area contributed by atoms with Crippen LogP contribution in [0.3, 0.4) is 0 Å². The number of aromatic nitrogens is 2. The van der Waals surface area contributed by atoms with Crippen LogP contribution in [0.15, 0.2) is 36.9 Å². The van der Waals surface area contributed by atoms with Gasteiger partial charge < -0.3 is 9.88 Å². The van der Waals surface area contributed by atoms with Crippen LogP contribution >= 0.6 is 0 Å². The number of nitrogens with zero attached hydrogens (tertiary/aromatic N) is 2. The standard InChI is InChI=1S/C20H27N3O/c1-3-19(24)21-15(2)20-22-17-11-7-8-12-18(17)23(20)14-13-16-9-5-4-6-10-16/h3,7-8,11-12,15-16H,1,4-6,9-10,13-14H2,2H3,(H,21,24). The van der Waals surface area contributed by atoms with Gasteiger partial charge in [-0.05, 0) is 37.5 Å². The second-order valence-corrected chi connectivity index (χ2v) is 6.84. The molecule has 0 aliphatic heterocycles. The predicted octanol–water partition coefficient (Wildman–Crippen LogP) is 4.37. The molecule has 1 aromatic carbocycles. The zero-order chi connectivity index (χ0) is 16.9. The minimum atomic E-state index is -0.159. The number of aryl methyl sites for hydroxylation is 1. The van der Waals surface area contributed by atoms with Gasteiger partial charge in [0.1, 0.15) is 5.82 Å². The number of nitrogens with one attached hydrogen (secondary N) is 1. The lowest BCUT2D eigenvalue weighted by molar-refractivity contribution is -0.117. The van der Waals surface area contributed by atoms with Gasteiger partial charge in [-0.25, -0.2) is 4.98 Å². The van der Waals surface area contributed by atoms with Crippen LogP contribution in [-0.4, -0.2) is 15.5 Å². The SMILES string of the molecule is C=CC(=O)NC(C)c1nc2ccccc2n1CCC1CCCCC1. The maximum atomic E-state index is 11.7. The molecule has 128 valence electrons. The first-order valence-corrected chi connectivity index (χ1v) is 9.07. The Morgan fingerprint density at radius 2 is 2.12 bits per heavy atom. The Balaban J connectivity index is 1.84. The highest BCUT2D eigenvalue weighted by atomic mass is 16.1. The lowest BCUT2D eigenvalue weighted by atomic mass is 9.87. The fourth-order valence-electron chi connectivity index (χ4n) is 3.78. The Morgan fingerprint density at radius 3 is 2.88 bits per heavy atom. The fraction of sp³-hybridized carbons (Fsp3) is 0.500. The normalized spacial score (nSPS) is 16.9. The molecular formula is C20H27N3O. The lowest BCUT2D eigenvalue weighted by Crippen LogP contribution is -2.27. The summed E-state index contributed by atoms with van der Waals surface area (Å²) in [5.74, 6) is 1.60. The van der Waals surface area contributed by atoms with Crippen molar-refractivity contribution in [1.82, 2.24) is 14.9 Å². The quantitative estimate of drug-likeness (QED) is 0.802. The van der Waals surface area contributed by atoms with E-state index in [-0.39, 0.29) is 11.9 Å². The number of amides is 1. The van der Waals surface area contributed by atoms with Crippen LogP contribution in [0.1, 0.15) is 57.3 Å². The largest absolute Gasteiger partial charge is 0.343 e. The van der Waals surface area contributed by atoms with E-state index < -0.39 is 0 Å². The third-order valence-corrected chi connectivity index (χ3v) is 5.10. The second-order valence-electron chi connectivity index (χ2n) is 6.84. The van der Waals surface area contributed by atoms with Crippen molar-refractivity contribution in [2.45, 2.75) is 58.0 Å². The molecule has 1 atom stereocenters. The predicted molar refractivity (Wildman–Crippen MR) is 97.7 cm³/mol. The second kappa shape index (κ2) is 7.65. The van der Waals surface area contributed by atoms with Gasteiger partial charge in [0.15, 0.2) is 0 Å². The van der Waals surface area contributed by atoms with E-state index in [2.05, 4.69) is 28.6 Å². The molecule has 0 spiro atoms. The molecule has 1 unspecified atom stereocenters. The molecule has 1 N–H and O–H groups in total. The number of benzene rings is 1. The van der Waals surface area contributed by atoms with Crippen LogP contribution in [0, 0.1) is 5.92 Å². The van der Waals surface area contributed by atoms with Crippen molar-refractivity contribution in [2.75, 3.05) is 0 Å². The first-order valence-electron chi connectivity index (χ1n) is 9.07. The molecule has 24 heavy (non-hydrogen) atoms. The summed E-state index contributed by atoms with van der Waals surface area (Å²) in [6.45, 7) is 6.48. The van der Waals surface area contributed by atoms with Crippen LogP contribution in [0.25, 0.3) is 11.0 Å². The van der Waals surface area contributed by atoms with Gasteiger partial charge in [-0.2, -0.15) is 0 Å². The van der Waals surface area contributed by atoms with E-state index in [1.807, 2.05) is 19.1 Å². The minimum Gasteiger partial charge on any atom is -0.343 e. The third kappa shape index (κ3) is 3.69. The van der Waals surface area contributed by atoms with Crippen LogP contribution in [-0.2, 0) is 11.3 Å². The Kier molecular flexibility index (Phi) is 5.34. The molecule has 1 fully saturated rings. The summed E-state index contributed by atoms with van der Waals surface area (Å²) in [6, 6.07) is 8.09. The zero-order valence-electron chi connectivity index (χ0n) is 14.5. The van der Waals surface area contributed by atoms with Crippen molar-refractivity contribution in [3.8, 4) is 0 Å². The molecule has 0 radical (unpaired) electrons. The van der Waals surface area contributed by atoms with Gasteiger partial charge in [0, 0.05) is 6.54 Å². The highest BCUT2D eigenvalue weighted by Crippen LogP contribution is 2.28. The monoisotopic (exact) mass is 325 g/mol. The lowest BCUT2D eigenvalue weighted by Gasteiger charge is -2.23. The number of carbonyl (C=O) groups is 1. The van der Waals surface area contributed by atoms with Crippen LogP contribution in [0.5, 0.6) is 0 Å². The summed E-state index contributed by atoms with van der Waals surface area (Å²) in [7, 11) is 0. The van der Waals surface area contributed by atoms with E-state index in [1.54, 1.807) is 0 Å². The van der Waals surface area contributed by atoms with Gasteiger partial charge in [0.05, 0.1) is 17.1 Å². The molecule has 0 bridgehead atoms. The molecule has 3 rings (SSSR count). The number of hydrogen-bond donors (Lipinski definition) is 1. The first-order chi connectivity index (χ1) is 11.7. The van der Waals surface area contributed by atoms with Crippen LogP contribution < -0.4 is 5.32 Å². The summed E-state index contributed by atoms with van der Waals surface area (Å²) >= 11 is 0. The number of carbonyl (C=O) groups excluding carboxylic acids is 1. The fourth-order valence-corrected chi connectivity index (χ4v) is 3.78.